The number of hydrogen-bond donors (Lipinski definition) is 1. The van der Waals surface area contributed by atoms with E-state index in [0.717, 1.165) is 27.2 Å². The average Bonchev–Trinajstić information content (AvgIpc) is 3.16. The molecular weight excluding hydrogens is 334 g/mol. The highest BCUT2D eigenvalue weighted by Gasteiger charge is 2.37. The van der Waals surface area contributed by atoms with Gasteiger partial charge in [0.05, 0.1) is 16.8 Å². The molecule has 0 bridgehead atoms. The van der Waals surface area contributed by atoms with Gasteiger partial charge in [-0.3, -0.25) is 9.69 Å². The minimum atomic E-state index is -0.456. The van der Waals surface area contributed by atoms with Crippen molar-refractivity contribution in [1.82, 2.24) is 15.2 Å². The lowest BCUT2D eigenvalue weighted by Crippen LogP contribution is -2.31. The van der Waals surface area contributed by atoms with E-state index >= 15 is 0 Å². The van der Waals surface area contributed by atoms with E-state index in [4.69, 9.17) is 0 Å². The molecule has 0 saturated carbocycles. The zero-order chi connectivity index (χ0) is 17.2. The van der Waals surface area contributed by atoms with Crippen LogP contribution < -0.4 is 5.32 Å². The number of carbonyl (C=O) groups is 2. The summed E-state index contributed by atoms with van der Waals surface area (Å²) in [5, 5.41) is 3.56. The number of aryl methyl sites for hydroxylation is 1. The van der Waals surface area contributed by atoms with Crippen molar-refractivity contribution in [1.29, 1.82) is 0 Å². The summed E-state index contributed by atoms with van der Waals surface area (Å²) in [5.41, 5.74) is 2.06. The molecule has 0 radical (unpaired) electrons. The first-order chi connectivity index (χ1) is 12.2. The predicted octanol–water partition coefficient (Wildman–Crippen LogP) is 3.35. The van der Waals surface area contributed by atoms with Gasteiger partial charge in [-0.1, -0.05) is 42.5 Å². The third-order valence-corrected chi connectivity index (χ3v) is 5.32. The fourth-order valence-electron chi connectivity index (χ4n) is 3.00. The van der Waals surface area contributed by atoms with Crippen molar-refractivity contribution < 1.29 is 9.59 Å². The molecule has 1 aromatic heterocycles. The van der Waals surface area contributed by atoms with Crippen LogP contribution in [0.15, 0.2) is 54.6 Å². The Morgan fingerprint density at radius 1 is 1.04 bits per heavy atom. The van der Waals surface area contributed by atoms with E-state index in [1.165, 1.54) is 16.2 Å². The van der Waals surface area contributed by atoms with Crippen molar-refractivity contribution in [2.45, 2.75) is 25.4 Å². The van der Waals surface area contributed by atoms with Crippen LogP contribution in [0.25, 0.3) is 10.2 Å². The van der Waals surface area contributed by atoms with Crippen LogP contribution >= 0.6 is 11.3 Å². The molecule has 1 aliphatic rings. The van der Waals surface area contributed by atoms with E-state index in [0.29, 0.717) is 6.42 Å². The molecule has 2 heterocycles. The van der Waals surface area contributed by atoms with Gasteiger partial charge >= 0.3 is 6.03 Å². The standard InChI is InChI=1S/C19H17N3O2S/c23-18-15(11-10-13-6-2-1-3-7-13)21-19(24)22(18)12-17-20-14-8-4-5-9-16(14)25-17/h1-9,15H,10-12H2,(H,21,24)/t15-/m0/s1. The van der Waals surface area contributed by atoms with Crippen LogP contribution in [0.1, 0.15) is 17.0 Å². The number of para-hydroxylation sites is 1. The van der Waals surface area contributed by atoms with Crippen LogP contribution in [0.5, 0.6) is 0 Å². The molecule has 3 amide bonds. The summed E-state index contributed by atoms with van der Waals surface area (Å²) in [6.45, 7) is 0.228. The van der Waals surface area contributed by atoms with Gasteiger partial charge in [0.15, 0.2) is 0 Å². The van der Waals surface area contributed by atoms with Gasteiger partial charge in [-0.2, -0.15) is 0 Å². The largest absolute Gasteiger partial charge is 0.326 e. The molecule has 1 atom stereocenters. The summed E-state index contributed by atoms with van der Waals surface area (Å²) in [6.07, 6.45) is 1.36. The third-order valence-electron chi connectivity index (χ3n) is 4.30. The minimum Gasteiger partial charge on any atom is -0.326 e. The maximum atomic E-state index is 12.6. The molecule has 6 heteroatoms. The van der Waals surface area contributed by atoms with Crippen LogP contribution in [0, 0.1) is 0 Å². The smallest absolute Gasteiger partial charge is 0.325 e. The molecule has 3 aromatic rings. The summed E-state index contributed by atoms with van der Waals surface area (Å²) in [6, 6.07) is 17.0. The molecule has 1 N–H and O–H groups in total. The fourth-order valence-corrected chi connectivity index (χ4v) is 3.96. The molecule has 1 aliphatic heterocycles. The number of imide groups is 1. The molecule has 126 valence electrons. The Kier molecular flexibility index (Phi) is 4.19. The number of aromatic nitrogens is 1. The lowest BCUT2D eigenvalue weighted by atomic mass is 10.1. The second-order valence-electron chi connectivity index (χ2n) is 6.03. The van der Waals surface area contributed by atoms with E-state index in [9.17, 15) is 9.59 Å². The Morgan fingerprint density at radius 3 is 2.60 bits per heavy atom. The second kappa shape index (κ2) is 6.64. The summed E-state index contributed by atoms with van der Waals surface area (Å²) in [7, 11) is 0. The zero-order valence-electron chi connectivity index (χ0n) is 13.5. The first-order valence-corrected chi connectivity index (χ1v) is 9.02. The lowest BCUT2D eigenvalue weighted by Gasteiger charge is -2.11. The van der Waals surface area contributed by atoms with Gasteiger partial charge < -0.3 is 5.32 Å². The van der Waals surface area contributed by atoms with Crippen molar-refractivity contribution in [3.05, 3.63) is 65.2 Å². The molecular formula is C19H17N3O2S. The zero-order valence-corrected chi connectivity index (χ0v) is 14.3. The Bertz CT molecular complexity index is 890. The minimum absolute atomic E-state index is 0.166. The van der Waals surface area contributed by atoms with Gasteiger partial charge in [0.1, 0.15) is 11.0 Å². The number of nitrogens with zero attached hydrogens (tertiary/aromatic N) is 2. The molecule has 0 unspecified atom stereocenters. The van der Waals surface area contributed by atoms with E-state index in [1.807, 2.05) is 54.6 Å². The monoisotopic (exact) mass is 351 g/mol. The molecule has 1 saturated heterocycles. The van der Waals surface area contributed by atoms with Gasteiger partial charge in [-0.15, -0.1) is 11.3 Å². The van der Waals surface area contributed by atoms with Crippen LogP contribution in [-0.4, -0.2) is 27.9 Å². The summed E-state index contributed by atoms with van der Waals surface area (Å²) < 4.78 is 1.06. The highest BCUT2D eigenvalue weighted by Crippen LogP contribution is 2.24. The van der Waals surface area contributed by atoms with Gasteiger partial charge in [0.2, 0.25) is 0 Å². The first-order valence-electron chi connectivity index (χ1n) is 8.21. The number of rotatable bonds is 5. The number of fused-ring (bicyclic) bond motifs is 1. The third kappa shape index (κ3) is 3.25. The number of nitrogens with one attached hydrogen (secondary N) is 1. The van der Waals surface area contributed by atoms with Crippen molar-refractivity contribution in [3.8, 4) is 0 Å². The van der Waals surface area contributed by atoms with Gasteiger partial charge in [-0.25, -0.2) is 9.78 Å². The van der Waals surface area contributed by atoms with Crippen LogP contribution in [0.3, 0.4) is 0 Å². The number of amides is 3. The maximum Gasteiger partial charge on any atom is 0.325 e. The molecule has 0 spiro atoms. The fraction of sp³-hybridized carbons (Fsp3) is 0.211. The molecule has 1 fully saturated rings. The maximum absolute atomic E-state index is 12.6. The second-order valence-corrected chi connectivity index (χ2v) is 7.14. The normalized spacial score (nSPS) is 17.3. The highest BCUT2D eigenvalue weighted by atomic mass is 32.1. The van der Waals surface area contributed by atoms with Crippen molar-refractivity contribution >= 4 is 33.5 Å². The van der Waals surface area contributed by atoms with E-state index in [-0.39, 0.29) is 18.5 Å². The van der Waals surface area contributed by atoms with Gasteiger partial charge in [-0.05, 0) is 30.5 Å². The van der Waals surface area contributed by atoms with E-state index < -0.39 is 6.04 Å². The Balaban J connectivity index is 1.43. The Morgan fingerprint density at radius 2 is 1.80 bits per heavy atom. The predicted molar refractivity (Wildman–Crippen MR) is 97.3 cm³/mol. The SMILES string of the molecule is O=C1N[C@@H](CCc2ccccc2)C(=O)N1Cc1nc2ccccc2s1. The van der Waals surface area contributed by atoms with Gasteiger partial charge in [0, 0.05) is 0 Å². The van der Waals surface area contributed by atoms with Crippen LogP contribution in [-0.2, 0) is 17.8 Å². The number of hydrogen-bond acceptors (Lipinski definition) is 4. The van der Waals surface area contributed by atoms with E-state index in [1.54, 1.807) is 0 Å². The van der Waals surface area contributed by atoms with Crippen molar-refractivity contribution in [2.75, 3.05) is 0 Å². The summed E-state index contributed by atoms with van der Waals surface area (Å²) in [4.78, 5) is 30.6. The summed E-state index contributed by atoms with van der Waals surface area (Å²) >= 11 is 1.51. The van der Waals surface area contributed by atoms with Crippen molar-refractivity contribution in [2.24, 2.45) is 0 Å². The van der Waals surface area contributed by atoms with Crippen molar-refractivity contribution in [3.63, 3.8) is 0 Å². The number of carbonyl (C=O) groups excluding carboxylic acids is 2. The molecule has 25 heavy (non-hydrogen) atoms. The van der Waals surface area contributed by atoms with Gasteiger partial charge in [0.25, 0.3) is 5.91 Å². The number of thiazole rings is 1. The quantitative estimate of drug-likeness (QED) is 0.717. The van der Waals surface area contributed by atoms with Crippen LogP contribution in [0.4, 0.5) is 4.79 Å². The summed E-state index contributed by atoms with van der Waals surface area (Å²) in [5.74, 6) is -0.166. The number of benzene rings is 2. The number of urea groups is 1. The lowest BCUT2D eigenvalue weighted by molar-refractivity contribution is -0.128. The molecule has 4 rings (SSSR count). The Hall–Kier alpha value is -2.73. The molecule has 2 aromatic carbocycles. The molecule has 0 aliphatic carbocycles. The van der Waals surface area contributed by atoms with E-state index in [2.05, 4.69) is 10.3 Å². The molecule has 5 nitrogen and oxygen atoms in total. The average molecular weight is 351 g/mol. The Labute approximate surface area is 149 Å². The van der Waals surface area contributed by atoms with Crippen LogP contribution in [0.2, 0.25) is 0 Å². The first kappa shape index (κ1) is 15.8. The highest BCUT2D eigenvalue weighted by molar-refractivity contribution is 7.18. The topological polar surface area (TPSA) is 62.3 Å².